The van der Waals surface area contributed by atoms with Crippen molar-refractivity contribution in [2.45, 2.75) is 57.3 Å². The maximum Gasteiger partial charge on any atom is 0.131 e. The van der Waals surface area contributed by atoms with E-state index in [-0.39, 0.29) is 5.60 Å². The van der Waals surface area contributed by atoms with Gasteiger partial charge in [-0.3, -0.25) is 0 Å². The lowest BCUT2D eigenvalue weighted by Gasteiger charge is -2.38. The maximum atomic E-state index is 5.79. The van der Waals surface area contributed by atoms with Gasteiger partial charge in [-0.05, 0) is 19.3 Å². The number of hydrogen-bond acceptors (Lipinski definition) is 1. The molecule has 1 aliphatic rings. The molecule has 0 unspecified atom stereocenters. The summed E-state index contributed by atoms with van der Waals surface area (Å²) in [4.78, 5) is 0. The Hall–Kier alpha value is -0.703. The summed E-state index contributed by atoms with van der Waals surface area (Å²) in [5.41, 5.74) is 3.19. The second-order valence-electron chi connectivity index (χ2n) is 5.94. The van der Waals surface area contributed by atoms with E-state index in [1.165, 1.54) is 12.8 Å². The fraction of sp³-hybridized carbons (Fsp3) is 0.733. The molecule has 94 valence electrons. The molecule has 1 aliphatic carbocycles. The molecule has 0 spiro atoms. The second-order valence-corrected chi connectivity index (χ2v) is 10.7. The fourth-order valence-corrected chi connectivity index (χ4v) is 2.99. The Morgan fingerprint density at radius 1 is 1.35 bits per heavy atom. The summed E-state index contributed by atoms with van der Waals surface area (Å²) >= 11 is 0. The van der Waals surface area contributed by atoms with E-state index in [0.29, 0.717) is 5.92 Å². The summed E-state index contributed by atoms with van der Waals surface area (Å²) in [5.74, 6) is 6.65. The SMILES string of the molecule is C#CC[C@@H]1CCCC[C@@]1(C#C[Si](C)(C)C)OC. The van der Waals surface area contributed by atoms with Crippen molar-refractivity contribution < 1.29 is 4.74 Å². The highest BCUT2D eigenvalue weighted by atomic mass is 28.3. The average molecular weight is 248 g/mol. The molecule has 1 rings (SSSR count). The maximum absolute atomic E-state index is 5.79. The molecule has 17 heavy (non-hydrogen) atoms. The highest BCUT2D eigenvalue weighted by molar-refractivity contribution is 6.83. The summed E-state index contributed by atoms with van der Waals surface area (Å²) in [5, 5.41) is 0. The third-order valence-electron chi connectivity index (χ3n) is 3.39. The topological polar surface area (TPSA) is 9.23 Å². The van der Waals surface area contributed by atoms with Crippen LogP contribution >= 0.6 is 0 Å². The van der Waals surface area contributed by atoms with Gasteiger partial charge in [0, 0.05) is 19.4 Å². The van der Waals surface area contributed by atoms with Crippen molar-refractivity contribution in [2.24, 2.45) is 5.92 Å². The normalized spacial score (nSPS) is 29.0. The van der Waals surface area contributed by atoms with Gasteiger partial charge in [-0.1, -0.05) is 32.0 Å². The van der Waals surface area contributed by atoms with Crippen molar-refractivity contribution in [1.82, 2.24) is 0 Å². The first-order chi connectivity index (χ1) is 7.93. The lowest BCUT2D eigenvalue weighted by Crippen LogP contribution is -2.41. The molecular weight excluding hydrogens is 224 g/mol. The van der Waals surface area contributed by atoms with Gasteiger partial charge in [0.05, 0.1) is 0 Å². The van der Waals surface area contributed by atoms with Gasteiger partial charge < -0.3 is 4.74 Å². The number of methoxy groups -OCH3 is 1. The van der Waals surface area contributed by atoms with E-state index in [4.69, 9.17) is 11.2 Å². The van der Waals surface area contributed by atoms with Crippen LogP contribution < -0.4 is 0 Å². The predicted octanol–water partition coefficient (Wildman–Crippen LogP) is 3.47. The quantitative estimate of drug-likeness (QED) is 0.537. The molecule has 0 aromatic heterocycles. The van der Waals surface area contributed by atoms with Crippen LogP contribution in [-0.2, 0) is 4.74 Å². The minimum atomic E-state index is -1.35. The minimum Gasteiger partial charge on any atom is -0.365 e. The zero-order chi connectivity index (χ0) is 12.9. The van der Waals surface area contributed by atoms with Gasteiger partial charge in [0.1, 0.15) is 13.7 Å². The van der Waals surface area contributed by atoms with Gasteiger partial charge in [0.2, 0.25) is 0 Å². The molecule has 0 aliphatic heterocycles. The van der Waals surface area contributed by atoms with Gasteiger partial charge in [0.15, 0.2) is 0 Å². The second kappa shape index (κ2) is 5.76. The highest BCUT2D eigenvalue weighted by Crippen LogP contribution is 2.38. The van der Waals surface area contributed by atoms with E-state index in [1.807, 2.05) is 0 Å². The first-order valence-electron chi connectivity index (χ1n) is 6.46. The summed E-state index contributed by atoms with van der Waals surface area (Å²) in [6.07, 6.45) is 10.9. The molecule has 0 radical (unpaired) electrons. The first-order valence-corrected chi connectivity index (χ1v) is 9.96. The standard InChI is InChI=1S/C15H24OSi/c1-6-9-14-10-7-8-11-15(14,16-2)12-13-17(3,4)5/h1,14H,7-11H2,2-5H3/t14-,15+/m1/s1. The molecule has 1 fully saturated rings. The Bertz CT molecular complexity index is 350. The molecule has 0 aromatic carbocycles. The third-order valence-corrected chi connectivity index (χ3v) is 4.26. The summed E-state index contributed by atoms with van der Waals surface area (Å²) in [6, 6.07) is 0. The van der Waals surface area contributed by atoms with Gasteiger partial charge >= 0.3 is 0 Å². The van der Waals surface area contributed by atoms with Crippen molar-refractivity contribution >= 4 is 8.07 Å². The van der Waals surface area contributed by atoms with Crippen molar-refractivity contribution in [2.75, 3.05) is 7.11 Å². The van der Waals surface area contributed by atoms with Crippen LogP contribution in [0, 0.1) is 29.7 Å². The van der Waals surface area contributed by atoms with Crippen LogP contribution in [-0.4, -0.2) is 20.8 Å². The largest absolute Gasteiger partial charge is 0.365 e. The van der Waals surface area contributed by atoms with E-state index in [2.05, 4.69) is 37.0 Å². The van der Waals surface area contributed by atoms with Crippen molar-refractivity contribution in [3.05, 3.63) is 0 Å². The first kappa shape index (κ1) is 14.4. The summed E-state index contributed by atoms with van der Waals surface area (Å²) < 4.78 is 5.79. The summed E-state index contributed by atoms with van der Waals surface area (Å²) in [6.45, 7) is 6.80. The minimum absolute atomic E-state index is 0.273. The third kappa shape index (κ3) is 3.91. The molecule has 0 amide bonds. The highest BCUT2D eigenvalue weighted by Gasteiger charge is 2.39. The van der Waals surface area contributed by atoms with E-state index < -0.39 is 8.07 Å². The summed E-state index contributed by atoms with van der Waals surface area (Å²) in [7, 11) is 0.436. The number of rotatable bonds is 2. The van der Waals surface area contributed by atoms with Gasteiger partial charge in [-0.15, -0.1) is 17.9 Å². The molecule has 1 nitrogen and oxygen atoms in total. The smallest absolute Gasteiger partial charge is 0.131 e. The van der Waals surface area contributed by atoms with E-state index >= 15 is 0 Å². The number of terminal acetylenes is 1. The van der Waals surface area contributed by atoms with Crippen LogP contribution in [0.15, 0.2) is 0 Å². The Morgan fingerprint density at radius 3 is 2.59 bits per heavy atom. The van der Waals surface area contributed by atoms with Crippen LogP contribution in [0.25, 0.3) is 0 Å². The molecule has 1 saturated carbocycles. The Morgan fingerprint density at radius 2 is 2.06 bits per heavy atom. The molecule has 0 N–H and O–H groups in total. The fourth-order valence-electron chi connectivity index (χ4n) is 2.40. The molecule has 0 bridgehead atoms. The molecule has 2 atom stereocenters. The van der Waals surface area contributed by atoms with Gasteiger partial charge in [-0.2, -0.15) is 0 Å². The van der Waals surface area contributed by atoms with E-state index in [1.54, 1.807) is 7.11 Å². The van der Waals surface area contributed by atoms with Gasteiger partial charge in [-0.25, -0.2) is 0 Å². The number of ether oxygens (including phenoxy) is 1. The molecular formula is C15H24OSi. The number of hydrogen-bond donors (Lipinski definition) is 0. The van der Waals surface area contributed by atoms with Crippen LogP contribution in [0.2, 0.25) is 19.6 Å². The van der Waals surface area contributed by atoms with Crippen LogP contribution in [0.4, 0.5) is 0 Å². The average Bonchev–Trinajstić information content (AvgIpc) is 2.28. The Balaban J connectivity index is 2.97. The predicted molar refractivity (Wildman–Crippen MR) is 76.3 cm³/mol. The Labute approximate surface area is 107 Å². The lowest BCUT2D eigenvalue weighted by atomic mass is 9.74. The molecule has 0 heterocycles. The lowest BCUT2D eigenvalue weighted by molar-refractivity contribution is -0.0340. The van der Waals surface area contributed by atoms with Crippen molar-refractivity contribution in [1.29, 1.82) is 0 Å². The van der Waals surface area contributed by atoms with E-state index in [9.17, 15) is 0 Å². The molecule has 2 heteroatoms. The van der Waals surface area contributed by atoms with Crippen LogP contribution in [0.1, 0.15) is 32.1 Å². The molecule has 0 saturated heterocycles. The van der Waals surface area contributed by atoms with Crippen molar-refractivity contribution in [3.8, 4) is 23.8 Å². The molecule has 0 aromatic rings. The zero-order valence-corrected chi connectivity index (χ0v) is 12.6. The van der Waals surface area contributed by atoms with Crippen LogP contribution in [0.3, 0.4) is 0 Å². The monoisotopic (exact) mass is 248 g/mol. The van der Waals surface area contributed by atoms with Gasteiger partial charge in [0.25, 0.3) is 0 Å². The zero-order valence-electron chi connectivity index (χ0n) is 11.6. The van der Waals surface area contributed by atoms with Crippen molar-refractivity contribution in [3.63, 3.8) is 0 Å². The van der Waals surface area contributed by atoms with E-state index in [0.717, 1.165) is 19.3 Å². The van der Waals surface area contributed by atoms with Crippen LogP contribution in [0.5, 0.6) is 0 Å². The Kier molecular flexibility index (Phi) is 4.87.